The quantitative estimate of drug-likeness (QED) is 0.423. The molecule has 2 N–H and O–H groups in total. The third-order valence-corrected chi connectivity index (χ3v) is 5.11. The molecule has 0 saturated heterocycles. The highest BCUT2D eigenvalue weighted by Crippen LogP contribution is 2.21. The average molecular weight is 395 g/mol. The summed E-state index contributed by atoms with van der Waals surface area (Å²) in [6.45, 7) is 4.54. The molecule has 148 valence electrons. The second kappa shape index (κ2) is 7.61. The van der Waals surface area contributed by atoms with Crippen molar-refractivity contribution in [1.29, 1.82) is 0 Å². The molecule has 5 heteroatoms. The number of ether oxygens (including phenoxy) is 1. The Kier molecular flexibility index (Phi) is 4.36. The van der Waals surface area contributed by atoms with Crippen LogP contribution in [0, 0.1) is 0 Å². The topological polar surface area (TPSA) is 66.6 Å². The molecule has 0 saturated carbocycles. The lowest BCUT2D eigenvalue weighted by Gasteiger charge is -1.96. The van der Waals surface area contributed by atoms with Crippen molar-refractivity contribution in [3.8, 4) is 0 Å². The lowest BCUT2D eigenvalue weighted by atomic mass is 10.2. The Morgan fingerprint density at radius 3 is 2.27 bits per heavy atom. The standard InChI is InChI=1S/C25H22N4O/c1-3-16-10-22-13-20-5-4-18(26-20)12-19-6-7-21(27-19)14-25-17(8-9-30-2)11-23(29-25)15-24(16)28-22/h3-7,10-15,28-29H,1,8-9H2,2H3/i10D. The molecule has 2 aliphatic heterocycles. The van der Waals surface area contributed by atoms with Gasteiger partial charge in [-0.2, -0.15) is 0 Å². The number of nitrogens with one attached hydrogen (secondary N) is 2. The second-order valence-electron chi connectivity index (χ2n) is 7.27. The highest BCUT2D eigenvalue weighted by molar-refractivity contribution is 5.81. The second-order valence-corrected chi connectivity index (χ2v) is 7.27. The molecule has 0 spiro atoms. The summed E-state index contributed by atoms with van der Waals surface area (Å²) in [6, 6.07) is 10.4. The molecule has 30 heavy (non-hydrogen) atoms. The van der Waals surface area contributed by atoms with E-state index in [1.54, 1.807) is 13.2 Å². The van der Waals surface area contributed by atoms with Gasteiger partial charge < -0.3 is 14.7 Å². The van der Waals surface area contributed by atoms with Crippen LogP contribution in [0.3, 0.4) is 0 Å². The lowest BCUT2D eigenvalue weighted by molar-refractivity contribution is 0.202. The van der Waals surface area contributed by atoms with Crippen LogP contribution < -0.4 is 0 Å². The van der Waals surface area contributed by atoms with Crippen molar-refractivity contribution < 1.29 is 6.11 Å². The van der Waals surface area contributed by atoms with E-state index in [0.717, 1.165) is 56.9 Å². The van der Waals surface area contributed by atoms with E-state index in [1.165, 1.54) is 0 Å². The number of nitrogens with zero attached hydrogens (tertiary/aromatic N) is 2. The number of hydrogen-bond donors (Lipinski definition) is 2. The van der Waals surface area contributed by atoms with Gasteiger partial charge in [-0.05, 0) is 78.2 Å². The fourth-order valence-corrected chi connectivity index (χ4v) is 3.68. The molecule has 0 aromatic carbocycles. The van der Waals surface area contributed by atoms with Gasteiger partial charge in [0, 0.05) is 29.2 Å². The monoisotopic (exact) mass is 395 g/mol. The van der Waals surface area contributed by atoms with Crippen molar-refractivity contribution in [3.05, 3.63) is 76.9 Å². The average Bonchev–Trinajstić information content (AvgIpc) is 3.51. The van der Waals surface area contributed by atoms with Gasteiger partial charge in [0.25, 0.3) is 0 Å². The van der Waals surface area contributed by atoms with Gasteiger partial charge in [0.05, 0.1) is 30.8 Å². The molecule has 0 unspecified atom stereocenters. The zero-order chi connectivity index (χ0) is 21.4. The van der Waals surface area contributed by atoms with Crippen LogP contribution in [0.4, 0.5) is 0 Å². The van der Waals surface area contributed by atoms with E-state index in [9.17, 15) is 0 Å². The van der Waals surface area contributed by atoms with Crippen LogP contribution in [0.2, 0.25) is 0 Å². The van der Waals surface area contributed by atoms with Crippen LogP contribution in [0.25, 0.3) is 52.4 Å². The molecule has 5 nitrogen and oxygen atoms in total. The van der Waals surface area contributed by atoms with Gasteiger partial charge in [0.2, 0.25) is 0 Å². The summed E-state index contributed by atoms with van der Waals surface area (Å²) in [7, 11) is 1.71. The van der Waals surface area contributed by atoms with E-state index >= 15 is 0 Å². The number of rotatable bonds is 4. The first kappa shape index (κ1) is 17.2. The minimum atomic E-state index is 0.402. The summed E-state index contributed by atoms with van der Waals surface area (Å²) < 4.78 is 13.9. The zero-order valence-electron chi connectivity index (χ0n) is 17.7. The van der Waals surface area contributed by atoms with E-state index < -0.39 is 0 Å². The largest absolute Gasteiger partial charge is 0.384 e. The van der Waals surface area contributed by atoms with Gasteiger partial charge in [-0.15, -0.1) is 0 Å². The van der Waals surface area contributed by atoms with Gasteiger partial charge in [0.15, 0.2) is 0 Å². The molecule has 8 bridgehead atoms. The van der Waals surface area contributed by atoms with Crippen molar-refractivity contribution in [2.24, 2.45) is 0 Å². The Balaban J connectivity index is 1.86. The number of H-pyrrole nitrogens is 2. The number of aromatic nitrogens is 4. The van der Waals surface area contributed by atoms with Crippen molar-refractivity contribution in [2.75, 3.05) is 13.7 Å². The summed E-state index contributed by atoms with van der Waals surface area (Å²) in [6.07, 6.45) is 10.4. The molecule has 5 rings (SSSR count). The fourth-order valence-electron chi connectivity index (χ4n) is 3.68. The van der Waals surface area contributed by atoms with Crippen LogP contribution in [0.1, 0.15) is 35.3 Å². The summed E-state index contributed by atoms with van der Waals surface area (Å²) in [5.41, 5.74) is 8.74. The smallest absolute Gasteiger partial charge is 0.0659 e. The number of fused-ring (bicyclic) bond motifs is 8. The Hall–Kier alpha value is -3.70. The zero-order valence-corrected chi connectivity index (χ0v) is 16.7. The molecule has 3 aromatic rings. The number of aromatic amines is 2. The van der Waals surface area contributed by atoms with Gasteiger partial charge >= 0.3 is 0 Å². The highest BCUT2D eigenvalue weighted by atomic mass is 16.5. The molecule has 0 atom stereocenters. The van der Waals surface area contributed by atoms with Crippen LogP contribution in [-0.4, -0.2) is 33.7 Å². The van der Waals surface area contributed by atoms with Crippen LogP contribution in [-0.2, 0) is 11.2 Å². The molecular weight excluding hydrogens is 372 g/mol. The van der Waals surface area contributed by atoms with Gasteiger partial charge in [-0.1, -0.05) is 12.7 Å². The van der Waals surface area contributed by atoms with Crippen molar-refractivity contribution in [3.63, 3.8) is 0 Å². The van der Waals surface area contributed by atoms with E-state index in [-0.39, 0.29) is 0 Å². The molecule has 2 aliphatic rings. The normalized spacial score (nSPS) is 12.9. The van der Waals surface area contributed by atoms with Gasteiger partial charge in [-0.25, -0.2) is 9.97 Å². The SMILES string of the molecule is [2H]c1c(C=C)c2cc3cc(CCOC)c(cc4nc(cc5nc(cc1[nH]2)C=C5)C=C4)[nH]3. The summed E-state index contributed by atoms with van der Waals surface area (Å²) in [5.74, 6) is 0. The molecular formula is C25H22N4O. The summed E-state index contributed by atoms with van der Waals surface area (Å²) in [4.78, 5) is 16.2. The first-order valence-electron chi connectivity index (χ1n) is 10.3. The molecule has 5 heterocycles. The Morgan fingerprint density at radius 1 is 0.900 bits per heavy atom. The molecule has 0 fully saturated rings. The van der Waals surface area contributed by atoms with Gasteiger partial charge in [-0.3, -0.25) is 0 Å². The first-order chi connectivity index (χ1) is 15.1. The fraction of sp³-hybridized carbons (Fsp3) is 0.120. The molecule has 0 radical (unpaired) electrons. The minimum absolute atomic E-state index is 0.402. The Morgan fingerprint density at radius 2 is 1.57 bits per heavy atom. The molecule has 3 aromatic heterocycles. The maximum atomic E-state index is 8.57. The minimum Gasteiger partial charge on any atom is -0.384 e. The highest BCUT2D eigenvalue weighted by Gasteiger charge is 2.06. The maximum Gasteiger partial charge on any atom is 0.0659 e. The lowest BCUT2D eigenvalue weighted by Crippen LogP contribution is -1.92. The van der Waals surface area contributed by atoms with Gasteiger partial charge in [0.1, 0.15) is 0 Å². The number of hydrogen-bond acceptors (Lipinski definition) is 3. The maximum absolute atomic E-state index is 8.57. The molecule has 0 amide bonds. The van der Waals surface area contributed by atoms with Crippen molar-refractivity contribution in [1.82, 2.24) is 19.9 Å². The van der Waals surface area contributed by atoms with E-state index in [2.05, 4.69) is 27.6 Å². The van der Waals surface area contributed by atoms with E-state index in [0.29, 0.717) is 18.2 Å². The van der Waals surface area contributed by atoms with Crippen LogP contribution in [0.5, 0.6) is 0 Å². The van der Waals surface area contributed by atoms with Crippen molar-refractivity contribution in [2.45, 2.75) is 6.42 Å². The predicted octanol–water partition coefficient (Wildman–Crippen LogP) is 5.49. The van der Waals surface area contributed by atoms with E-state index in [4.69, 9.17) is 11.1 Å². The van der Waals surface area contributed by atoms with Crippen LogP contribution >= 0.6 is 0 Å². The summed E-state index contributed by atoms with van der Waals surface area (Å²) in [5, 5.41) is 0. The van der Waals surface area contributed by atoms with E-state index in [1.807, 2.05) is 48.6 Å². The predicted molar refractivity (Wildman–Crippen MR) is 125 cm³/mol. The first-order valence-corrected chi connectivity index (χ1v) is 9.85. The Labute approximate surface area is 175 Å². The number of methoxy groups -OCH3 is 1. The van der Waals surface area contributed by atoms with Crippen molar-refractivity contribution >= 4 is 52.4 Å². The Bertz CT molecular complexity index is 1410. The molecule has 0 aliphatic carbocycles. The van der Waals surface area contributed by atoms with Crippen LogP contribution in [0.15, 0.2) is 43.0 Å². The summed E-state index contributed by atoms with van der Waals surface area (Å²) >= 11 is 0. The third-order valence-electron chi connectivity index (χ3n) is 5.11. The third kappa shape index (κ3) is 3.63.